The van der Waals surface area contributed by atoms with Crippen molar-refractivity contribution in [2.24, 2.45) is 0 Å². The summed E-state index contributed by atoms with van der Waals surface area (Å²) in [6.45, 7) is 5.43. The van der Waals surface area contributed by atoms with Crippen molar-refractivity contribution < 1.29 is 4.74 Å². The van der Waals surface area contributed by atoms with E-state index in [1.165, 1.54) is 22.1 Å². The molecule has 3 aromatic rings. The summed E-state index contributed by atoms with van der Waals surface area (Å²) in [5, 5.41) is 1.19. The average molecular weight is 304 g/mol. The van der Waals surface area contributed by atoms with Crippen LogP contribution in [0.25, 0.3) is 22.0 Å². The molecule has 0 atom stereocenters. The van der Waals surface area contributed by atoms with E-state index in [0.29, 0.717) is 0 Å². The van der Waals surface area contributed by atoms with Crippen molar-refractivity contribution in [3.05, 3.63) is 60.2 Å². The lowest BCUT2D eigenvalue weighted by Crippen LogP contribution is -2.37. The summed E-state index contributed by atoms with van der Waals surface area (Å²) in [4.78, 5) is 7.35. The number of aryl methyl sites for hydroxylation is 1. The van der Waals surface area contributed by atoms with Crippen LogP contribution in [0, 0.1) is 6.92 Å². The average Bonchev–Trinajstić information content (AvgIpc) is 2.62. The van der Waals surface area contributed by atoms with E-state index < -0.39 is 0 Å². The second-order valence-electron chi connectivity index (χ2n) is 6.02. The number of hydrogen-bond donors (Lipinski definition) is 0. The molecule has 116 valence electrons. The number of nitrogens with zero attached hydrogens (tertiary/aromatic N) is 2. The number of benzene rings is 2. The highest BCUT2D eigenvalue weighted by atomic mass is 16.5. The molecule has 4 rings (SSSR count). The summed E-state index contributed by atoms with van der Waals surface area (Å²) >= 11 is 0. The fourth-order valence-corrected chi connectivity index (χ4v) is 3.11. The Bertz CT molecular complexity index is 824. The Labute approximate surface area is 136 Å². The second kappa shape index (κ2) is 6.01. The number of anilines is 1. The normalized spacial score (nSPS) is 15.1. The molecule has 0 N–H and O–H groups in total. The molecular formula is C20H20N2O. The monoisotopic (exact) mass is 304 g/mol. The van der Waals surface area contributed by atoms with Crippen LogP contribution in [0.15, 0.2) is 54.6 Å². The van der Waals surface area contributed by atoms with Crippen molar-refractivity contribution in [3.63, 3.8) is 0 Å². The first-order valence-electron chi connectivity index (χ1n) is 8.11. The fourth-order valence-electron chi connectivity index (χ4n) is 3.11. The highest BCUT2D eigenvalue weighted by Crippen LogP contribution is 2.33. The Kier molecular flexibility index (Phi) is 3.72. The molecule has 1 aromatic heterocycles. The smallest absolute Gasteiger partial charge is 0.137 e. The third-order valence-corrected chi connectivity index (χ3v) is 4.35. The van der Waals surface area contributed by atoms with Crippen molar-refractivity contribution in [3.8, 4) is 11.1 Å². The maximum absolute atomic E-state index is 5.50. The minimum Gasteiger partial charge on any atom is -0.378 e. The van der Waals surface area contributed by atoms with Gasteiger partial charge in [-0.1, -0.05) is 42.5 Å². The lowest BCUT2D eigenvalue weighted by molar-refractivity contribution is 0.122. The zero-order chi connectivity index (χ0) is 15.6. The van der Waals surface area contributed by atoms with Crippen LogP contribution >= 0.6 is 0 Å². The maximum atomic E-state index is 5.50. The molecule has 3 heteroatoms. The van der Waals surface area contributed by atoms with Crippen LogP contribution in [0.5, 0.6) is 0 Å². The minimum absolute atomic E-state index is 0.766. The van der Waals surface area contributed by atoms with Gasteiger partial charge in [0, 0.05) is 24.0 Å². The van der Waals surface area contributed by atoms with Gasteiger partial charge in [-0.3, -0.25) is 0 Å². The van der Waals surface area contributed by atoms with Gasteiger partial charge in [0.15, 0.2) is 0 Å². The third-order valence-electron chi connectivity index (χ3n) is 4.35. The molecule has 2 aromatic carbocycles. The van der Waals surface area contributed by atoms with Crippen LogP contribution in [0.3, 0.4) is 0 Å². The number of hydrogen-bond acceptors (Lipinski definition) is 3. The summed E-state index contributed by atoms with van der Waals surface area (Å²) < 4.78 is 5.50. The van der Waals surface area contributed by atoms with Crippen LogP contribution in [0.1, 0.15) is 5.56 Å². The Balaban J connectivity index is 1.92. The maximum Gasteiger partial charge on any atom is 0.137 e. The summed E-state index contributed by atoms with van der Waals surface area (Å²) in [5.41, 5.74) is 4.71. The van der Waals surface area contributed by atoms with Gasteiger partial charge >= 0.3 is 0 Å². The van der Waals surface area contributed by atoms with Crippen LogP contribution < -0.4 is 4.90 Å². The fraction of sp³-hybridized carbons (Fsp3) is 0.250. The van der Waals surface area contributed by atoms with Gasteiger partial charge in [-0.2, -0.15) is 0 Å². The molecule has 0 aliphatic carbocycles. The lowest BCUT2D eigenvalue weighted by Gasteiger charge is -2.30. The predicted molar refractivity (Wildman–Crippen MR) is 94.9 cm³/mol. The number of ether oxygens (including phenoxy) is 1. The molecule has 0 saturated carbocycles. The van der Waals surface area contributed by atoms with E-state index in [1.807, 2.05) is 0 Å². The van der Waals surface area contributed by atoms with Gasteiger partial charge < -0.3 is 9.64 Å². The van der Waals surface area contributed by atoms with Gasteiger partial charge in [0.05, 0.1) is 18.7 Å². The van der Waals surface area contributed by atoms with E-state index in [2.05, 4.69) is 66.4 Å². The van der Waals surface area contributed by atoms with E-state index in [1.54, 1.807) is 0 Å². The highest BCUT2D eigenvalue weighted by molar-refractivity contribution is 5.90. The molecule has 0 radical (unpaired) electrons. The van der Waals surface area contributed by atoms with Crippen LogP contribution in [0.2, 0.25) is 0 Å². The van der Waals surface area contributed by atoms with Gasteiger partial charge in [-0.15, -0.1) is 0 Å². The summed E-state index contributed by atoms with van der Waals surface area (Å²) in [5.74, 6) is 1.07. The highest BCUT2D eigenvalue weighted by Gasteiger charge is 2.18. The van der Waals surface area contributed by atoms with E-state index in [9.17, 15) is 0 Å². The molecule has 0 bridgehead atoms. The number of rotatable bonds is 2. The number of pyridine rings is 1. The van der Waals surface area contributed by atoms with E-state index >= 15 is 0 Å². The first-order valence-corrected chi connectivity index (χ1v) is 8.11. The quantitative estimate of drug-likeness (QED) is 0.714. The standard InChI is InChI=1S/C20H20N2O/c1-15-7-8-17-14-18(16-5-3-2-4-6-16)20(21-19(17)13-15)22-9-11-23-12-10-22/h2-8,13-14H,9-12H2,1H3. The molecule has 0 amide bonds. The van der Waals surface area contributed by atoms with E-state index in [0.717, 1.165) is 37.6 Å². The first kappa shape index (κ1) is 14.2. The zero-order valence-corrected chi connectivity index (χ0v) is 13.3. The van der Waals surface area contributed by atoms with Crippen LogP contribution in [-0.4, -0.2) is 31.3 Å². The van der Waals surface area contributed by atoms with Crippen molar-refractivity contribution in [1.29, 1.82) is 0 Å². The summed E-state index contributed by atoms with van der Waals surface area (Å²) in [6.07, 6.45) is 0. The summed E-state index contributed by atoms with van der Waals surface area (Å²) in [7, 11) is 0. The molecular weight excluding hydrogens is 284 g/mol. The Hall–Kier alpha value is -2.39. The lowest BCUT2D eigenvalue weighted by atomic mass is 10.0. The Morgan fingerprint density at radius 1 is 0.957 bits per heavy atom. The van der Waals surface area contributed by atoms with Gasteiger partial charge in [0.1, 0.15) is 5.82 Å². The molecule has 1 aliphatic heterocycles. The third kappa shape index (κ3) is 2.80. The number of aromatic nitrogens is 1. The minimum atomic E-state index is 0.766. The van der Waals surface area contributed by atoms with Gasteiger partial charge in [-0.25, -0.2) is 4.98 Å². The van der Waals surface area contributed by atoms with E-state index in [-0.39, 0.29) is 0 Å². The molecule has 23 heavy (non-hydrogen) atoms. The van der Waals surface area contributed by atoms with Crippen molar-refractivity contribution in [1.82, 2.24) is 4.98 Å². The number of morpholine rings is 1. The number of fused-ring (bicyclic) bond motifs is 1. The molecule has 1 fully saturated rings. The van der Waals surface area contributed by atoms with Crippen molar-refractivity contribution >= 4 is 16.7 Å². The largest absolute Gasteiger partial charge is 0.378 e. The molecule has 3 nitrogen and oxygen atoms in total. The molecule has 1 aliphatic rings. The van der Waals surface area contributed by atoms with Gasteiger partial charge in [0.25, 0.3) is 0 Å². The molecule has 0 spiro atoms. The first-order chi connectivity index (χ1) is 11.3. The molecule has 1 saturated heterocycles. The zero-order valence-electron chi connectivity index (χ0n) is 13.3. The molecule has 0 unspecified atom stereocenters. The van der Waals surface area contributed by atoms with Crippen LogP contribution in [-0.2, 0) is 4.74 Å². The van der Waals surface area contributed by atoms with Crippen molar-refractivity contribution in [2.45, 2.75) is 6.92 Å². The Morgan fingerprint density at radius 3 is 2.52 bits per heavy atom. The second-order valence-corrected chi connectivity index (χ2v) is 6.02. The topological polar surface area (TPSA) is 25.4 Å². The van der Waals surface area contributed by atoms with Gasteiger partial charge in [-0.05, 0) is 30.2 Å². The van der Waals surface area contributed by atoms with Crippen LogP contribution in [0.4, 0.5) is 5.82 Å². The summed E-state index contributed by atoms with van der Waals surface area (Å²) in [6, 6.07) is 19.3. The van der Waals surface area contributed by atoms with Gasteiger partial charge in [0.2, 0.25) is 0 Å². The SMILES string of the molecule is Cc1ccc2cc(-c3ccccc3)c(N3CCOCC3)nc2c1. The predicted octanol–water partition coefficient (Wildman–Crippen LogP) is 4.05. The molecule has 2 heterocycles. The van der Waals surface area contributed by atoms with E-state index in [4.69, 9.17) is 9.72 Å². The van der Waals surface area contributed by atoms with Crippen molar-refractivity contribution in [2.75, 3.05) is 31.2 Å². The Morgan fingerprint density at radius 2 is 1.74 bits per heavy atom.